The van der Waals surface area contributed by atoms with E-state index in [-0.39, 0.29) is 12.5 Å². The molecule has 0 fully saturated rings. The van der Waals surface area contributed by atoms with E-state index in [1.54, 1.807) is 6.08 Å². The zero-order valence-corrected chi connectivity index (χ0v) is 12.8. The van der Waals surface area contributed by atoms with Crippen molar-refractivity contribution in [3.63, 3.8) is 0 Å². The number of allylic oxidation sites excluding steroid dienone is 5. The minimum Gasteiger partial charge on any atom is -0.479 e. The molecule has 0 aliphatic rings. The van der Waals surface area contributed by atoms with Gasteiger partial charge in [-0.3, -0.25) is 0 Å². The van der Waals surface area contributed by atoms with Crippen LogP contribution in [0.25, 0.3) is 0 Å². The molecule has 120 valence electrons. The molecule has 3 N–H and O–H groups in total. The number of aliphatic hydroxyl groups excluding tert-OH is 2. The van der Waals surface area contributed by atoms with Gasteiger partial charge in [-0.05, 0) is 25.7 Å². The van der Waals surface area contributed by atoms with Gasteiger partial charge in [-0.15, -0.1) is 0 Å². The molecule has 0 radical (unpaired) electrons. The van der Waals surface area contributed by atoms with Crippen molar-refractivity contribution in [1.29, 1.82) is 0 Å². The highest BCUT2D eigenvalue weighted by Gasteiger charge is 2.10. The van der Waals surface area contributed by atoms with Crippen molar-refractivity contribution in [3.05, 3.63) is 36.5 Å². The van der Waals surface area contributed by atoms with E-state index in [1.165, 1.54) is 0 Å². The van der Waals surface area contributed by atoms with Crippen LogP contribution in [0.15, 0.2) is 36.5 Å². The summed E-state index contributed by atoms with van der Waals surface area (Å²) in [7, 11) is 0. The van der Waals surface area contributed by atoms with Crippen molar-refractivity contribution in [2.75, 3.05) is 0 Å². The summed E-state index contributed by atoms with van der Waals surface area (Å²) in [6.45, 7) is 2.14. The Morgan fingerprint density at radius 1 is 1.05 bits per heavy atom. The molecule has 1 unspecified atom stereocenters. The lowest BCUT2D eigenvalue weighted by Gasteiger charge is -2.02. The lowest BCUT2D eigenvalue weighted by Crippen LogP contribution is -2.18. The van der Waals surface area contributed by atoms with Gasteiger partial charge in [0, 0.05) is 0 Å². The van der Waals surface area contributed by atoms with E-state index in [0.717, 1.165) is 32.1 Å². The number of carboxylic acid groups (broad SMARTS) is 1. The second kappa shape index (κ2) is 13.6. The molecule has 21 heavy (non-hydrogen) atoms. The fourth-order valence-corrected chi connectivity index (χ4v) is 1.72. The van der Waals surface area contributed by atoms with E-state index >= 15 is 0 Å². The third kappa shape index (κ3) is 13.4. The predicted molar refractivity (Wildman–Crippen MR) is 85.1 cm³/mol. The van der Waals surface area contributed by atoms with Crippen LogP contribution in [0.1, 0.15) is 51.9 Å². The summed E-state index contributed by atoms with van der Waals surface area (Å²) in [6.07, 6.45) is 15.3. The molecule has 0 spiro atoms. The Kier molecular flexibility index (Phi) is 12.7. The molecule has 0 aliphatic heterocycles. The first-order valence-electron chi connectivity index (χ1n) is 7.65. The van der Waals surface area contributed by atoms with Gasteiger partial charge in [-0.1, -0.05) is 62.6 Å². The van der Waals surface area contributed by atoms with E-state index in [2.05, 4.69) is 6.92 Å². The molecule has 0 saturated carbocycles. The molecule has 0 aliphatic carbocycles. The largest absolute Gasteiger partial charge is 0.479 e. The fraction of sp³-hybridized carbons (Fsp3) is 0.588. The Bertz CT molecular complexity index is 345. The maximum absolute atomic E-state index is 10.4. The van der Waals surface area contributed by atoms with Crippen molar-refractivity contribution in [2.45, 2.75) is 64.1 Å². The molecule has 0 aromatic rings. The van der Waals surface area contributed by atoms with Crippen LogP contribution in [0.2, 0.25) is 0 Å². The van der Waals surface area contributed by atoms with Gasteiger partial charge in [0.1, 0.15) is 0 Å². The molecule has 2 atom stereocenters. The number of aliphatic carboxylic acids is 1. The molecule has 0 amide bonds. The summed E-state index contributed by atoms with van der Waals surface area (Å²) >= 11 is 0. The molecule has 4 heteroatoms. The Balaban J connectivity index is 3.65. The second-order valence-electron chi connectivity index (χ2n) is 5.01. The smallest absolute Gasteiger partial charge is 0.332 e. The molecule has 0 aromatic heterocycles. The second-order valence-corrected chi connectivity index (χ2v) is 5.01. The summed E-state index contributed by atoms with van der Waals surface area (Å²) in [4.78, 5) is 10.4. The van der Waals surface area contributed by atoms with Crippen LogP contribution in [-0.4, -0.2) is 33.5 Å². The average molecular weight is 296 g/mol. The van der Waals surface area contributed by atoms with Crippen LogP contribution in [-0.2, 0) is 4.79 Å². The lowest BCUT2D eigenvalue weighted by atomic mass is 10.1. The standard InChI is InChI=1S/C17H28O4/c1-2-3-9-12-15(18)13-10-7-5-4-6-8-11-14-16(19)17(20)21/h5-8,10,13,15-16,18-19H,2-4,9,11-12,14H2,1H3,(H,20,21)/b7-5?,8-6-,13-10+/t15-,16?/m0/s1. The van der Waals surface area contributed by atoms with Crippen molar-refractivity contribution in [2.24, 2.45) is 0 Å². The van der Waals surface area contributed by atoms with Crippen molar-refractivity contribution < 1.29 is 20.1 Å². The maximum atomic E-state index is 10.4. The molecule has 4 nitrogen and oxygen atoms in total. The van der Waals surface area contributed by atoms with Crippen LogP contribution < -0.4 is 0 Å². The van der Waals surface area contributed by atoms with Crippen molar-refractivity contribution >= 4 is 5.97 Å². The summed E-state index contributed by atoms with van der Waals surface area (Å²) in [5.74, 6) is -1.18. The van der Waals surface area contributed by atoms with E-state index < -0.39 is 12.1 Å². The summed E-state index contributed by atoms with van der Waals surface area (Å²) < 4.78 is 0. The van der Waals surface area contributed by atoms with Crippen molar-refractivity contribution in [3.8, 4) is 0 Å². The van der Waals surface area contributed by atoms with Gasteiger partial charge >= 0.3 is 5.97 Å². The highest BCUT2D eigenvalue weighted by atomic mass is 16.4. The van der Waals surface area contributed by atoms with Gasteiger partial charge in [-0.25, -0.2) is 4.79 Å². The molecule has 0 aromatic carbocycles. The average Bonchev–Trinajstić information content (AvgIpc) is 2.45. The highest BCUT2D eigenvalue weighted by molar-refractivity contribution is 5.71. The van der Waals surface area contributed by atoms with Crippen LogP contribution in [0.3, 0.4) is 0 Å². The van der Waals surface area contributed by atoms with Gasteiger partial charge < -0.3 is 15.3 Å². The number of carbonyl (C=O) groups is 1. The molecule has 0 saturated heterocycles. The molecular formula is C17H28O4. The van der Waals surface area contributed by atoms with Crippen LogP contribution in [0.5, 0.6) is 0 Å². The van der Waals surface area contributed by atoms with Crippen LogP contribution in [0.4, 0.5) is 0 Å². The molecule has 0 rings (SSSR count). The van der Waals surface area contributed by atoms with Crippen LogP contribution >= 0.6 is 0 Å². The van der Waals surface area contributed by atoms with Gasteiger partial charge in [0.15, 0.2) is 6.10 Å². The Morgan fingerprint density at radius 2 is 1.81 bits per heavy atom. The third-order valence-electron chi connectivity index (χ3n) is 3.01. The minimum absolute atomic E-state index is 0.236. The van der Waals surface area contributed by atoms with Crippen molar-refractivity contribution in [1.82, 2.24) is 0 Å². The number of hydrogen-bond acceptors (Lipinski definition) is 3. The number of carboxylic acids is 1. The number of rotatable bonds is 12. The van der Waals surface area contributed by atoms with E-state index in [4.69, 9.17) is 10.2 Å². The lowest BCUT2D eigenvalue weighted by molar-refractivity contribution is -0.146. The van der Waals surface area contributed by atoms with E-state index in [9.17, 15) is 9.90 Å². The van der Waals surface area contributed by atoms with Gasteiger partial charge in [0.2, 0.25) is 0 Å². The van der Waals surface area contributed by atoms with Gasteiger partial charge in [-0.2, -0.15) is 0 Å². The first kappa shape index (κ1) is 19.6. The number of unbranched alkanes of at least 4 members (excludes halogenated alkanes) is 2. The normalized spacial score (nSPS) is 15.2. The third-order valence-corrected chi connectivity index (χ3v) is 3.01. The quantitative estimate of drug-likeness (QED) is 0.293. The molecular weight excluding hydrogens is 268 g/mol. The SMILES string of the molecule is CCCCC[C@H](O)/C=C/C=CC/C=C\CCC(O)C(=O)O. The monoisotopic (exact) mass is 296 g/mol. The first-order chi connectivity index (χ1) is 10.1. The van der Waals surface area contributed by atoms with Gasteiger partial charge in [0.05, 0.1) is 6.10 Å². The molecule has 0 bridgehead atoms. The molecule has 0 heterocycles. The number of aliphatic hydroxyl groups is 2. The Morgan fingerprint density at radius 3 is 2.48 bits per heavy atom. The van der Waals surface area contributed by atoms with E-state index in [1.807, 2.05) is 30.4 Å². The highest BCUT2D eigenvalue weighted by Crippen LogP contribution is 2.04. The summed E-state index contributed by atoms with van der Waals surface area (Å²) in [6, 6.07) is 0. The minimum atomic E-state index is -1.28. The number of hydrogen-bond donors (Lipinski definition) is 3. The fourth-order valence-electron chi connectivity index (χ4n) is 1.72. The maximum Gasteiger partial charge on any atom is 0.332 e. The van der Waals surface area contributed by atoms with Crippen LogP contribution in [0, 0.1) is 0 Å². The summed E-state index contributed by atoms with van der Waals surface area (Å²) in [5, 5.41) is 27.2. The summed E-state index contributed by atoms with van der Waals surface area (Å²) in [5.41, 5.74) is 0. The Labute approximate surface area is 127 Å². The van der Waals surface area contributed by atoms with Gasteiger partial charge in [0.25, 0.3) is 0 Å². The Hall–Kier alpha value is -1.39. The first-order valence-corrected chi connectivity index (χ1v) is 7.65. The predicted octanol–water partition coefficient (Wildman–Crippen LogP) is 3.21. The zero-order chi connectivity index (χ0) is 15.9. The van der Waals surface area contributed by atoms with E-state index in [0.29, 0.717) is 6.42 Å². The topological polar surface area (TPSA) is 77.8 Å². The zero-order valence-electron chi connectivity index (χ0n) is 12.8.